The lowest BCUT2D eigenvalue weighted by Gasteiger charge is -2.15. The second kappa shape index (κ2) is 11.0. The molecule has 10 heteroatoms. The molecule has 37 heavy (non-hydrogen) atoms. The number of rotatable bonds is 8. The van der Waals surface area contributed by atoms with Crippen LogP contribution < -0.4 is 20.3 Å². The number of methoxy groups -OCH3 is 1. The lowest BCUT2D eigenvalue weighted by Crippen LogP contribution is -2.32. The van der Waals surface area contributed by atoms with Gasteiger partial charge in [-0.3, -0.25) is 14.4 Å². The van der Waals surface area contributed by atoms with E-state index in [-0.39, 0.29) is 22.0 Å². The summed E-state index contributed by atoms with van der Waals surface area (Å²) in [5.74, 6) is -1.80. The Kier molecular flexibility index (Phi) is 7.55. The summed E-state index contributed by atoms with van der Waals surface area (Å²) >= 11 is 6.22. The minimum absolute atomic E-state index is 0.136. The van der Waals surface area contributed by atoms with E-state index in [2.05, 4.69) is 15.4 Å². The van der Waals surface area contributed by atoms with Crippen LogP contribution in [0.4, 0.5) is 17.1 Å². The second-order valence-electron chi connectivity index (χ2n) is 7.76. The number of carbonyl (C=O) groups is 4. The SMILES string of the molecule is CCOc1ccccc1NC(=O)c1cccc(NC2=C(Cl)C(=O)N(c3ccc(C(=O)OC)cc3)C2=O)c1. The van der Waals surface area contributed by atoms with Gasteiger partial charge in [0, 0.05) is 11.3 Å². The van der Waals surface area contributed by atoms with Gasteiger partial charge in [-0.15, -0.1) is 0 Å². The van der Waals surface area contributed by atoms with Gasteiger partial charge in [0.25, 0.3) is 17.7 Å². The molecule has 9 nitrogen and oxygen atoms in total. The molecule has 3 amide bonds. The van der Waals surface area contributed by atoms with Crippen LogP contribution in [0.3, 0.4) is 0 Å². The van der Waals surface area contributed by atoms with Crippen LogP contribution in [-0.2, 0) is 14.3 Å². The summed E-state index contributed by atoms with van der Waals surface area (Å²) in [5.41, 5.74) is 1.57. The highest BCUT2D eigenvalue weighted by molar-refractivity contribution is 6.53. The Morgan fingerprint density at radius 3 is 2.35 bits per heavy atom. The van der Waals surface area contributed by atoms with Gasteiger partial charge in [-0.2, -0.15) is 0 Å². The number of amides is 3. The Morgan fingerprint density at radius 2 is 1.65 bits per heavy atom. The molecule has 0 bridgehead atoms. The average molecular weight is 520 g/mol. The highest BCUT2D eigenvalue weighted by Gasteiger charge is 2.39. The molecule has 1 aliphatic heterocycles. The maximum Gasteiger partial charge on any atom is 0.337 e. The Labute approximate surface area is 217 Å². The van der Waals surface area contributed by atoms with Crippen LogP contribution in [0.1, 0.15) is 27.6 Å². The molecular weight excluding hydrogens is 498 g/mol. The fourth-order valence-corrected chi connectivity index (χ4v) is 3.85. The zero-order valence-corrected chi connectivity index (χ0v) is 20.7. The minimum Gasteiger partial charge on any atom is -0.492 e. The Morgan fingerprint density at radius 1 is 0.919 bits per heavy atom. The van der Waals surface area contributed by atoms with Gasteiger partial charge in [0.1, 0.15) is 16.5 Å². The smallest absolute Gasteiger partial charge is 0.337 e. The normalized spacial score (nSPS) is 13.0. The number of ether oxygens (including phenoxy) is 2. The topological polar surface area (TPSA) is 114 Å². The largest absolute Gasteiger partial charge is 0.492 e. The van der Waals surface area contributed by atoms with Crippen molar-refractivity contribution in [3.05, 3.63) is 94.7 Å². The van der Waals surface area contributed by atoms with Crippen LogP contribution in [0.15, 0.2) is 83.5 Å². The van der Waals surface area contributed by atoms with Crippen molar-refractivity contribution in [1.82, 2.24) is 0 Å². The fraction of sp³-hybridized carbons (Fsp3) is 0.111. The Bertz CT molecular complexity index is 1420. The average Bonchev–Trinajstić information content (AvgIpc) is 3.12. The summed E-state index contributed by atoms with van der Waals surface area (Å²) in [6, 6.07) is 19.2. The molecule has 1 aliphatic rings. The molecule has 0 aliphatic carbocycles. The third kappa shape index (κ3) is 5.31. The molecule has 0 spiro atoms. The van der Waals surface area contributed by atoms with E-state index in [4.69, 9.17) is 16.3 Å². The highest BCUT2D eigenvalue weighted by atomic mass is 35.5. The summed E-state index contributed by atoms with van der Waals surface area (Å²) in [4.78, 5) is 51.3. The zero-order chi connectivity index (χ0) is 26.5. The van der Waals surface area contributed by atoms with Crippen molar-refractivity contribution in [2.45, 2.75) is 6.92 Å². The Balaban J connectivity index is 1.52. The predicted octanol–water partition coefficient (Wildman–Crippen LogP) is 4.56. The summed E-state index contributed by atoms with van der Waals surface area (Å²) in [6.45, 7) is 2.29. The van der Waals surface area contributed by atoms with E-state index in [1.54, 1.807) is 42.5 Å². The fourth-order valence-electron chi connectivity index (χ4n) is 3.64. The molecule has 0 saturated carbocycles. The van der Waals surface area contributed by atoms with Gasteiger partial charge >= 0.3 is 5.97 Å². The molecule has 188 valence electrons. The monoisotopic (exact) mass is 519 g/mol. The highest BCUT2D eigenvalue weighted by Crippen LogP contribution is 2.31. The lowest BCUT2D eigenvalue weighted by molar-refractivity contribution is -0.120. The van der Waals surface area contributed by atoms with Crippen molar-refractivity contribution < 1.29 is 28.7 Å². The van der Waals surface area contributed by atoms with Gasteiger partial charge in [0.2, 0.25) is 0 Å². The standard InChI is InChI=1S/C27H22ClN3O6/c1-3-37-21-10-5-4-9-20(21)30-24(32)17-7-6-8-18(15-17)29-23-22(28)25(33)31(26(23)34)19-13-11-16(12-14-19)27(35)36-2/h4-15,29H,3H2,1-2H3,(H,30,32). The molecule has 0 radical (unpaired) electrons. The molecular formula is C27H22ClN3O6. The van der Waals surface area contributed by atoms with Gasteiger partial charge < -0.3 is 20.1 Å². The first-order valence-corrected chi connectivity index (χ1v) is 11.6. The zero-order valence-electron chi connectivity index (χ0n) is 19.9. The van der Waals surface area contributed by atoms with Crippen molar-refractivity contribution in [3.63, 3.8) is 0 Å². The number of nitrogens with zero attached hydrogens (tertiary/aromatic N) is 1. The van der Waals surface area contributed by atoms with Crippen molar-refractivity contribution in [1.29, 1.82) is 0 Å². The quantitative estimate of drug-likeness (QED) is 0.331. The van der Waals surface area contributed by atoms with Crippen LogP contribution in [0.5, 0.6) is 5.75 Å². The number of benzene rings is 3. The van der Waals surface area contributed by atoms with Gasteiger partial charge in [-0.25, -0.2) is 9.69 Å². The summed E-state index contributed by atoms with van der Waals surface area (Å²) < 4.78 is 10.2. The first-order chi connectivity index (χ1) is 17.8. The Hall–Kier alpha value is -4.63. The van der Waals surface area contributed by atoms with E-state index in [0.29, 0.717) is 29.3 Å². The van der Waals surface area contributed by atoms with Crippen molar-refractivity contribution >= 4 is 52.4 Å². The van der Waals surface area contributed by atoms with E-state index in [1.807, 2.05) is 6.92 Å². The summed E-state index contributed by atoms with van der Waals surface area (Å²) in [5, 5.41) is 5.36. The predicted molar refractivity (Wildman–Crippen MR) is 139 cm³/mol. The number of anilines is 3. The van der Waals surface area contributed by atoms with Crippen LogP contribution >= 0.6 is 11.6 Å². The lowest BCUT2D eigenvalue weighted by atomic mass is 10.1. The van der Waals surface area contributed by atoms with Crippen molar-refractivity contribution in [2.24, 2.45) is 0 Å². The maximum atomic E-state index is 13.1. The van der Waals surface area contributed by atoms with E-state index < -0.39 is 23.7 Å². The van der Waals surface area contributed by atoms with Crippen LogP contribution in [0.2, 0.25) is 0 Å². The number of carbonyl (C=O) groups excluding carboxylic acids is 4. The van der Waals surface area contributed by atoms with Gasteiger partial charge in [-0.05, 0) is 61.5 Å². The maximum absolute atomic E-state index is 13.1. The van der Waals surface area contributed by atoms with Crippen molar-refractivity contribution in [2.75, 3.05) is 29.3 Å². The number of para-hydroxylation sites is 2. The van der Waals surface area contributed by atoms with Crippen LogP contribution in [-0.4, -0.2) is 37.4 Å². The molecule has 0 fully saturated rings. The number of nitrogens with one attached hydrogen (secondary N) is 2. The molecule has 0 saturated heterocycles. The third-order valence-electron chi connectivity index (χ3n) is 5.40. The van der Waals surface area contributed by atoms with Crippen LogP contribution in [0, 0.1) is 0 Å². The molecule has 4 rings (SSSR count). The first kappa shape index (κ1) is 25.5. The minimum atomic E-state index is -0.721. The first-order valence-electron chi connectivity index (χ1n) is 11.2. The summed E-state index contributed by atoms with van der Waals surface area (Å²) in [6.07, 6.45) is 0. The van der Waals surface area contributed by atoms with Crippen LogP contribution in [0.25, 0.3) is 0 Å². The van der Waals surface area contributed by atoms with Gasteiger partial charge in [0.15, 0.2) is 0 Å². The van der Waals surface area contributed by atoms with Crippen molar-refractivity contribution in [3.8, 4) is 5.75 Å². The number of esters is 1. The van der Waals surface area contributed by atoms with E-state index in [1.165, 1.54) is 37.4 Å². The second-order valence-corrected chi connectivity index (χ2v) is 8.14. The van der Waals surface area contributed by atoms with Gasteiger partial charge in [-0.1, -0.05) is 29.8 Å². The molecule has 0 atom stereocenters. The number of hydrogen-bond acceptors (Lipinski definition) is 7. The van der Waals surface area contributed by atoms with E-state index in [9.17, 15) is 19.2 Å². The molecule has 0 unspecified atom stereocenters. The molecule has 1 heterocycles. The van der Waals surface area contributed by atoms with Gasteiger partial charge in [0.05, 0.1) is 30.7 Å². The number of hydrogen-bond donors (Lipinski definition) is 2. The van der Waals surface area contributed by atoms with E-state index >= 15 is 0 Å². The molecule has 3 aromatic carbocycles. The number of imide groups is 1. The van der Waals surface area contributed by atoms with E-state index in [0.717, 1.165) is 4.90 Å². The third-order valence-corrected chi connectivity index (χ3v) is 5.75. The molecule has 3 aromatic rings. The summed E-state index contributed by atoms with van der Waals surface area (Å²) in [7, 11) is 1.25. The molecule has 0 aromatic heterocycles. The number of halogens is 1. The molecule has 2 N–H and O–H groups in total.